The molecule has 45 heavy (non-hydrogen) atoms. The summed E-state index contributed by atoms with van der Waals surface area (Å²) in [4.78, 5) is 41.7. The molecular weight excluding hydrogens is 695 g/mol. The van der Waals surface area contributed by atoms with Crippen LogP contribution in [0.4, 0.5) is 0 Å². The average Bonchev–Trinajstić information content (AvgIpc) is 3.02. The second kappa shape index (κ2) is 42.0. The van der Waals surface area contributed by atoms with Gasteiger partial charge in [-0.15, -0.1) is 0 Å². The summed E-state index contributed by atoms with van der Waals surface area (Å²) in [6, 6.07) is 0. The molecule has 13 heteroatoms. The standard InChI is InChI=1S/2C12H20O6.2C4H9.Sn/c2*1-2-3-6-16-7-8-17-9-10-18-12(15)5-4-11(13)14;2*1-3-4-2;/h2*4-5H,2-3,6-10H2,1H3,(H,13,14);2*1,3-4H2,2H3;/q;;;;+2/p-2/b2*5-4-;;;. The molecule has 0 saturated carbocycles. The second-order valence-corrected chi connectivity index (χ2v) is 13.5. The van der Waals surface area contributed by atoms with E-state index in [-0.39, 0.29) is 47.6 Å². The van der Waals surface area contributed by atoms with E-state index in [0.29, 0.717) is 38.6 Å². The van der Waals surface area contributed by atoms with E-state index in [9.17, 15) is 29.4 Å². The Hall–Kier alpha value is -2.00. The molecular formula is C32H56O12Sn. The van der Waals surface area contributed by atoms with E-state index in [4.69, 9.17) is 18.9 Å². The third kappa shape index (κ3) is 51.9. The molecule has 0 spiro atoms. The number of unbranched alkanes of at least 4 members (excludes halogenated alkanes) is 4. The first kappa shape index (κ1) is 47.4. The Kier molecular flexibility index (Phi) is 44.2. The number of carboxylic acids is 2. The molecule has 0 rings (SSSR count). The number of esters is 2. The van der Waals surface area contributed by atoms with Gasteiger partial charge >= 0.3 is 81.5 Å². The van der Waals surface area contributed by atoms with Crippen LogP contribution in [-0.4, -0.2) is 111 Å². The van der Waals surface area contributed by atoms with Gasteiger partial charge in [-0.3, -0.25) is 0 Å². The van der Waals surface area contributed by atoms with Crippen molar-refractivity contribution in [2.75, 3.05) is 66.1 Å². The Morgan fingerprint density at radius 2 is 0.778 bits per heavy atom. The molecule has 0 aliphatic carbocycles. The molecule has 0 fully saturated rings. The van der Waals surface area contributed by atoms with Crippen LogP contribution in [0.25, 0.3) is 0 Å². The van der Waals surface area contributed by atoms with E-state index in [2.05, 4.69) is 37.2 Å². The summed E-state index contributed by atoms with van der Waals surface area (Å²) in [7, 11) is 0. The van der Waals surface area contributed by atoms with Crippen molar-refractivity contribution < 1.29 is 57.8 Å². The van der Waals surface area contributed by atoms with E-state index in [0.717, 1.165) is 51.0 Å². The zero-order valence-corrected chi connectivity index (χ0v) is 30.7. The molecule has 0 aliphatic heterocycles. The minimum atomic E-state index is -1.44. The van der Waals surface area contributed by atoms with Gasteiger partial charge in [0.15, 0.2) is 0 Å². The van der Waals surface area contributed by atoms with Crippen LogP contribution < -0.4 is 10.2 Å². The molecule has 0 aliphatic rings. The summed E-state index contributed by atoms with van der Waals surface area (Å²) >= 11 is 0.149. The van der Waals surface area contributed by atoms with Crippen LogP contribution in [0, 0.1) is 0 Å². The average molecular weight is 751 g/mol. The first-order valence-electron chi connectivity index (χ1n) is 15.9. The number of rotatable bonds is 28. The quantitative estimate of drug-likeness (QED) is 0.0496. The first-order valence-corrected chi connectivity index (χ1v) is 19.9. The summed E-state index contributed by atoms with van der Waals surface area (Å²) < 4.78 is 33.3. The zero-order valence-electron chi connectivity index (χ0n) is 27.9. The topological polar surface area (TPSA) is 170 Å². The molecule has 0 amide bonds. The third-order valence-corrected chi connectivity index (χ3v) is 9.13. The fourth-order valence-corrected chi connectivity index (χ4v) is 6.79. The number of carboxylic acid groups (broad SMARTS) is 2. The molecule has 0 heterocycles. The normalized spacial score (nSPS) is 10.4. The van der Waals surface area contributed by atoms with Crippen molar-refractivity contribution in [3.05, 3.63) is 24.3 Å². The Morgan fingerprint density at radius 3 is 1.09 bits per heavy atom. The van der Waals surface area contributed by atoms with Crippen LogP contribution in [0.1, 0.15) is 79.1 Å². The van der Waals surface area contributed by atoms with Gasteiger partial charge in [-0.2, -0.15) is 0 Å². The molecule has 12 nitrogen and oxygen atoms in total. The molecule has 0 radical (unpaired) electrons. The SMILES string of the molecule is CCCCOCCOCCOC(=O)/C=C\C(=O)[O-].CCCCOCCOCCOC(=O)/C=C\C(=O)[O-].CCC[CH2][Sn+2][CH2]CCC. The molecule has 0 atom stereocenters. The number of hydrogen-bond donors (Lipinski definition) is 0. The van der Waals surface area contributed by atoms with E-state index >= 15 is 0 Å². The fourth-order valence-electron chi connectivity index (χ4n) is 2.64. The molecule has 0 aromatic rings. The van der Waals surface area contributed by atoms with Crippen molar-refractivity contribution in [3.63, 3.8) is 0 Å². The number of aliphatic carboxylic acids is 2. The summed E-state index contributed by atoms with van der Waals surface area (Å²) in [5.41, 5.74) is 0. The molecule has 0 aromatic carbocycles. The van der Waals surface area contributed by atoms with Crippen molar-refractivity contribution >= 4 is 45.0 Å². The number of carbonyl (C=O) groups excluding carboxylic acids is 4. The van der Waals surface area contributed by atoms with E-state index in [1.807, 2.05) is 0 Å². The van der Waals surface area contributed by atoms with Crippen molar-refractivity contribution in [1.29, 1.82) is 0 Å². The van der Waals surface area contributed by atoms with E-state index < -0.39 is 23.9 Å². The Morgan fingerprint density at radius 1 is 0.467 bits per heavy atom. The van der Waals surface area contributed by atoms with Crippen LogP contribution in [0.3, 0.4) is 0 Å². The van der Waals surface area contributed by atoms with Gasteiger partial charge in [0.25, 0.3) is 0 Å². The predicted octanol–water partition coefficient (Wildman–Crippen LogP) is 2.47. The van der Waals surface area contributed by atoms with Crippen LogP contribution in [0.15, 0.2) is 24.3 Å². The molecule has 0 aromatic heterocycles. The fraction of sp³-hybridized carbons (Fsp3) is 0.750. The van der Waals surface area contributed by atoms with Crippen LogP contribution in [0.2, 0.25) is 8.87 Å². The van der Waals surface area contributed by atoms with Gasteiger partial charge in [0.05, 0.1) is 51.6 Å². The van der Waals surface area contributed by atoms with Gasteiger partial charge < -0.3 is 48.2 Å². The Balaban J connectivity index is -0.000000622. The molecule has 260 valence electrons. The van der Waals surface area contributed by atoms with Crippen molar-refractivity contribution in [3.8, 4) is 0 Å². The maximum atomic E-state index is 10.9. The van der Waals surface area contributed by atoms with Gasteiger partial charge in [-0.25, -0.2) is 9.59 Å². The van der Waals surface area contributed by atoms with Crippen molar-refractivity contribution in [1.82, 2.24) is 0 Å². The first-order chi connectivity index (χ1) is 21.7. The van der Waals surface area contributed by atoms with Gasteiger partial charge in [-0.05, 0) is 25.0 Å². The summed E-state index contributed by atoms with van der Waals surface area (Å²) in [5, 5.41) is 20.0. The molecule has 0 bridgehead atoms. The van der Waals surface area contributed by atoms with Gasteiger partial charge in [0.1, 0.15) is 13.2 Å². The third-order valence-electron chi connectivity index (χ3n) is 5.10. The van der Waals surface area contributed by atoms with E-state index in [1.54, 1.807) is 8.87 Å². The number of ether oxygens (including phenoxy) is 6. The van der Waals surface area contributed by atoms with Gasteiger partial charge in [0, 0.05) is 25.4 Å². The van der Waals surface area contributed by atoms with Crippen LogP contribution in [0.5, 0.6) is 0 Å². The van der Waals surface area contributed by atoms with Crippen molar-refractivity contribution in [2.24, 2.45) is 0 Å². The summed E-state index contributed by atoms with van der Waals surface area (Å²) in [6.07, 6.45) is 12.9. The minimum absolute atomic E-state index is 0.0746. The van der Waals surface area contributed by atoms with Crippen molar-refractivity contribution in [2.45, 2.75) is 87.9 Å². The molecule has 0 N–H and O–H groups in total. The zero-order chi connectivity index (χ0) is 34.2. The monoisotopic (exact) mass is 752 g/mol. The van der Waals surface area contributed by atoms with E-state index in [1.165, 1.54) is 25.7 Å². The summed E-state index contributed by atoms with van der Waals surface area (Å²) in [6.45, 7) is 12.8. The van der Waals surface area contributed by atoms with Gasteiger partial charge in [-0.1, -0.05) is 26.7 Å². The number of carbonyl (C=O) groups is 4. The predicted molar refractivity (Wildman–Crippen MR) is 168 cm³/mol. The maximum absolute atomic E-state index is 10.9. The van der Waals surface area contributed by atoms with Crippen LogP contribution >= 0.6 is 0 Å². The van der Waals surface area contributed by atoms with Gasteiger partial charge in [0.2, 0.25) is 0 Å². The number of hydrogen-bond acceptors (Lipinski definition) is 12. The second-order valence-electron chi connectivity index (χ2n) is 9.25. The molecule has 0 unspecified atom stereocenters. The Bertz CT molecular complexity index is 684. The summed E-state index contributed by atoms with van der Waals surface area (Å²) in [5.74, 6) is -4.34. The Labute approximate surface area is 280 Å². The molecule has 0 saturated heterocycles. The van der Waals surface area contributed by atoms with Crippen LogP contribution in [-0.2, 0) is 47.6 Å².